The second kappa shape index (κ2) is 7.30. The van der Waals surface area contributed by atoms with Crippen LogP contribution in [0.5, 0.6) is 0 Å². The van der Waals surface area contributed by atoms with E-state index in [2.05, 4.69) is 47.8 Å². The lowest BCUT2D eigenvalue weighted by Crippen LogP contribution is -2.34. The molecular weight excluding hydrogens is 324 g/mol. The number of nitriles is 1. The molecule has 3 rings (SSSR count). The van der Waals surface area contributed by atoms with E-state index in [-0.39, 0.29) is 17.3 Å². The van der Waals surface area contributed by atoms with Gasteiger partial charge in [0.15, 0.2) is 0 Å². The van der Waals surface area contributed by atoms with Gasteiger partial charge in [-0.05, 0) is 56.3 Å². The number of anilines is 2. The molecule has 0 aliphatic carbocycles. The Morgan fingerprint density at radius 1 is 1.27 bits per heavy atom. The number of rotatable bonds is 3. The summed E-state index contributed by atoms with van der Waals surface area (Å²) in [6, 6.07) is 6.39. The summed E-state index contributed by atoms with van der Waals surface area (Å²) in [6.07, 6.45) is 2.55. The number of aryl methyl sites for hydroxylation is 1. The third kappa shape index (κ3) is 3.63. The Morgan fingerprint density at radius 2 is 2.04 bits per heavy atom. The maximum Gasteiger partial charge on any atom is 0.222 e. The van der Waals surface area contributed by atoms with Gasteiger partial charge in [0, 0.05) is 18.7 Å². The smallest absolute Gasteiger partial charge is 0.222 e. The van der Waals surface area contributed by atoms with Gasteiger partial charge < -0.3 is 11.5 Å². The summed E-state index contributed by atoms with van der Waals surface area (Å²) in [4.78, 5) is 10.8. The van der Waals surface area contributed by atoms with Crippen molar-refractivity contribution >= 4 is 11.8 Å². The zero-order chi connectivity index (χ0) is 18.8. The molecule has 1 aliphatic rings. The van der Waals surface area contributed by atoms with Crippen LogP contribution in [0, 0.1) is 31.1 Å². The highest BCUT2D eigenvalue weighted by atomic mass is 15.1. The van der Waals surface area contributed by atoms with Crippen molar-refractivity contribution in [3.63, 3.8) is 0 Å². The first kappa shape index (κ1) is 18.2. The lowest BCUT2D eigenvalue weighted by Gasteiger charge is -2.31. The van der Waals surface area contributed by atoms with E-state index >= 15 is 0 Å². The van der Waals surface area contributed by atoms with Crippen LogP contribution in [0.4, 0.5) is 11.8 Å². The molecular formula is C20H26N6. The third-order valence-electron chi connectivity index (χ3n) is 5.12. The van der Waals surface area contributed by atoms with Gasteiger partial charge >= 0.3 is 0 Å². The van der Waals surface area contributed by atoms with Crippen LogP contribution in [-0.4, -0.2) is 28.0 Å². The Bertz CT molecular complexity index is 868. The molecule has 0 spiro atoms. The number of piperidine rings is 1. The Labute approximate surface area is 154 Å². The van der Waals surface area contributed by atoms with E-state index in [1.54, 1.807) is 0 Å². The highest BCUT2D eigenvalue weighted by Crippen LogP contribution is 2.32. The van der Waals surface area contributed by atoms with Crippen molar-refractivity contribution in [2.45, 2.75) is 40.2 Å². The average molecular weight is 350 g/mol. The molecule has 6 heteroatoms. The van der Waals surface area contributed by atoms with Gasteiger partial charge in [-0.3, -0.25) is 4.90 Å². The number of benzene rings is 1. The summed E-state index contributed by atoms with van der Waals surface area (Å²) in [5.74, 6) is 0.950. The Hall–Kier alpha value is -2.65. The van der Waals surface area contributed by atoms with E-state index in [1.165, 1.54) is 18.4 Å². The van der Waals surface area contributed by atoms with Crippen LogP contribution in [0.2, 0.25) is 0 Å². The molecule has 1 saturated heterocycles. The second-order valence-corrected chi connectivity index (χ2v) is 7.38. The first-order valence-corrected chi connectivity index (χ1v) is 9.05. The molecule has 2 aromatic rings. The maximum atomic E-state index is 9.51. The molecule has 1 aromatic heterocycles. The molecule has 26 heavy (non-hydrogen) atoms. The van der Waals surface area contributed by atoms with Gasteiger partial charge in [-0.2, -0.15) is 10.2 Å². The van der Waals surface area contributed by atoms with Crippen LogP contribution in [0.1, 0.15) is 42.0 Å². The number of likely N-dealkylation sites (tertiary alicyclic amines) is 1. The predicted octanol–water partition coefficient (Wildman–Crippen LogP) is 3.03. The summed E-state index contributed by atoms with van der Waals surface area (Å²) in [5.41, 5.74) is 16.9. The summed E-state index contributed by atoms with van der Waals surface area (Å²) < 4.78 is 0. The predicted molar refractivity (Wildman–Crippen MR) is 104 cm³/mol. The number of hydrogen-bond acceptors (Lipinski definition) is 6. The van der Waals surface area contributed by atoms with Crippen LogP contribution in [0.3, 0.4) is 0 Å². The lowest BCUT2D eigenvalue weighted by atomic mass is 9.93. The summed E-state index contributed by atoms with van der Waals surface area (Å²) >= 11 is 0. The largest absolute Gasteiger partial charge is 0.382 e. The molecule has 1 atom stereocenters. The molecule has 2 heterocycles. The van der Waals surface area contributed by atoms with Gasteiger partial charge in [0.25, 0.3) is 0 Å². The second-order valence-electron chi connectivity index (χ2n) is 7.38. The normalized spacial score (nSPS) is 17.8. The van der Waals surface area contributed by atoms with Crippen LogP contribution in [0.15, 0.2) is 12.1 Å². The Balaban J connectivity index is 2.05. The summed E-state index contributed by atoms with van der Waals surface area (Å²) in [5, 5.41) is 9.51. The fourth-order valence-electron chi connectivity index (χ4n) is 3.82. The minimum Gasteiger partial charge on any atom is -0.382 e. The van der Waals surface area contributed by atoms with Gasteiger partial charge in [-0.25, -0.2) is 4.98 Å². The molecule has 0 amide bonds. The van der Waals surface area contributed by atoms with Gasteiger partial charge in [0.1, 0.15) is 17.5 Å². The van der Waals surface area contributed by atoms with Crippen LogP contribution >= 0.6 is 0 Å². The van der Waals surface area contributed by atoms with E-state index in [0.717, 1.165) is 42.2 Å². The first-order valence-electron chi connectivity index (χ1n) is 9.05. The quantitative estimate of drug-likeness (QED) is 0.881. The maximum absolute atomic E-state index is 9.51. The number of nitrogens with two attached hydrogens (primary N) is 2. The third-order valence-corrected chi connectivity index (χ3v) is 5.12. The molecule has 0 radical (unpaired) electrons. The van der Waals surface area contributed by atoms with Crippen LogP contribution < -0.4 is 11.5 Å². The molecule has 0 bridgehead atoms. The lowest BCUT2D eigenvalue weighted by molar-refractivity contribution is 0.176. The molecule has 136 valence electrons. The molecule has 1 fully saturated rings. The van der Waals surface area contributed by atoms with Gasteiger partial charge in [0.05, 0.1) is 5.69 Å². The van der Waals surface area contributed by atoms with Crippen molar-refractivity contribution < 1.29 is 0 Å². The van der Waals surface area contributed by atoms with E-state index < -0.39 is 0 Å². The number of nitrogen functional groups attached to an aromatic ring is 2. The van der Waals surface area contributed by atoms with Gasteiger partial charge in [0.2, 0.25) is 5.95 Å². The standard InChI is InChI=1S/C20H26N6/c1-12-5-4-6-26(10-12)11-15-7-13(2)8-16(14(15)3)18-17(9-21)19(22)25-20(23)24-18/h7-8,12H,4-6,10-11H2,1-3H3,(H4,22,23,24,25). The zero-order valence-electron chi connectivity index (χ0n) is 15.7. The van der Waals surface area contributed by atoms with Crippen molar-refractivity contribution in [3.8, 4) is 17.3 Å². The molecule has 1 aliphatic heterocycles. The SMILES string of the molecule is Cc1cc(CN2CCCC(C)C2)c(C)c(-c2nc(N)nc(N)c2C#N)c1. The van der Waals surface area contributed by atoms with E-state index in [9.17, 15) is 5.26 Å². The molecule has 6 nitrogen and oxygen atoms in total. The zero-order valence-corrected chi connectivity index (χ0v) is 15.7. The van der Waals surface area contributed by atoms with Crippen molar-refractivity contribution in [3.05, 3.63) is 34.4 Å². The number of nitrogens with zero attached hydrogens (tertiary/aromatic N) is 4. The highest BCUT2D eigenvalue weighted by molar-refractivity contribution is 5.76. The topological polar surface area (TPSA) is 105 Å². The fourth-order valence-corrected chi connectivity index (χ4v) is 3.82. The monoisotopic (exact) mass is 350 g/mol. The summed E-state index contributed by atoms with van der Waals surface area (Å²) in [7, 11) is 0. The minimum absolute atomic E-state index is 0.0869. The summed E-state index contributed by atoms with van der Waals surface area (Å²) in [6.45, 7) is 9.61. The molecule has 1 aromatic carbocycles. The fraction of sp³-hybridized carbons (Fsp3) is 0.450. The van der Waals surface area contributed by atoms with Crippen LogP contribution in [-0.2, 0) is 6.54 Å². The minimum atomic E-state index is 0.0869. The molecule has 4 N–H and O–H groups in total. The Kier molecular flexibility index (Phi) is 5.10. The van der Waals surface area contributed by atoms with E-state index in [4.69, 9.17) is 11.5 Å². The van der Waals surface area contributed by atoms with Crippen molar-refractivity contribution in [1.82, 2.24) is 14.9 Å². The van der Waals surface area contributed by atoms with Crippen molar-refractivity contribution in [2.24, 2.45) is 5.92 Å². The van der Waals surface area contributed by atoms with Crippen molar-refractivity contribution in [1.29, 1.82) is 5.26 Å². The van der Waals surface area contributed by atoms with E-state index in [0.29, 0.717) is 5.69 Å². The van der Waals surface area contributed by atoms with Gasteiger partial charge in [-0.1, -0.05) is 18.6 Å². The van der Waals surface area contributed by atoms with E-state index in [1.807, 2.05) is 6.07 Å². The number of aromatic nitrogens is 2. The molecule has 0 saturated carbocycles. The molecule has 1 unspecified atom stereocenters. The highest BCUT2D eigenvalue weighted by Gasteiger charge is 2.20. The van der Waals surface area contributed by atoms with Gasteiger partial charge in [-0.15, -0.1) is 0 Å². The van der Waals surface area contributed by atoms with Crippen molar-refractivity contribution in [2.75, 3.05) is 24.6 Å². The first-order chi connectivity index (χ1) is 12.4. The Morgan fingerprint density at radius 3 is 2.73 bits per heavy atom. The average Bonchev–Trinajstić information content (AvgIpc) is 2.57. The van der Waals surface area contributed by atoms with Crippen LogP contribution in [0.25, 0.3) is 11.3 Å². The number of hydrogen-bond donors (Lipinski definition) is 2.